The number of rotatable bonds is 10. The zero-order chi connectivity index (χ0) is 47.8. The van der Waals surface area contributed by atoms with Crippen LogP contribution in [0.1, 0.15) is 108 Å². The van der Waals surface area contributed by atoms with E-state index in [0.29, 0.717) is 51.9 Å². The quantitative estimate of drug-likeness (QED) is 0.128. The van der Waals surface area contributed by atoms with E-state index in [1.54, 1.807) is 79.3 Å². The summed E-state index contributed by atoms with van der Waals surface area (Å²) in [6, 6.07) is 17.2. The van der Waals surface area contributed by atoms with Gasteiger partial charge in [0.05, 0.1) is 39.3 Å². The van der Waals surface area contributed by atoms with Crippen LogP contribution in [-0.4, -0.2) is 89.6 Å². The molecule has 6 unspecified atom stereocenters. The first-order chi connectivity index (χ1) is 31.7. The first-order valence-electron chi connectivity index (χ1n) is 23.2. The van der Waals surface area contributed by atoms with Crippen molar-refractivity contribution in [2.75, 3.05) is 0 Å². The average Bonchev–Trinajstić information content (AvgIpc) is 4.14. The molecule has 2 saturated carbocycles. The zero-order valence-corrected chi connectivity index (χ0v) is 42.2. The standard InChI is InChI=1S/C27H37N5O3SSi.C21H23N5O3S/c1-8-19-15-20(35-37(6,7)27(3,4)5)16-22(19)25-30-29-24-17-28-26-23(32(24)25)13-14-31(26)36(33,34)21-11-9-18(2)10-12-21;1-3-14-10-15(27)11-17(14)20-24-23-19-12-22-21-18(26(19)20)8-9-25(21)30(28,29)16-6-4-13(2)5-7-16/h9-14,17,19-20,22H,8,15-16H2,1-7H3;4-9,12,14-15,17,27H,3,10-11H2,1-2H3. The van der Waals surface area contributed by atoms with Gasteiger partial charge in [-0.3, -0.25) is 8.80 Å². The van der Waals surface area contributed by atoms with Gasteiger partial charge in [0.15, 0.2) is 30.9 Å². The van der Waals surface area contributed by atoms with Gasteiger partial charge in [0.2, 0.25) is 0 Å². The summed E-state index contributed by atoms with van der Waals surface area (Å²) in [7, 11) is -9.48. The molecule has 16 nitrogen and oxygen atoms in total. The summed E-state index contributed by atoms with van der Waals surface area (Å²) in [6.07, 6.45) is 11.3. The number of hydrogen-bond donors (Lipinski definition) is 1. The lowest BCUT2D eigenvalue weighted by molar-refractivity contribution is 0.176. The fourth-order valence-corrected chi connectivity index (χ4v) is 13.8. The monoisotopic (exact) mass is 964 g/mol. The van der Waals surface area contributed by atoms with E-state index in [4.69, 9.17) is 4.43 Å². The van der Waals surface area contributed by atoms with Crippen LogP contribution in [0.2, 0.25) is 18.1 Å². The normalized spacial score (nSPS) is 21.8. The number of aryl methyl sites for hydroxylation is 2. The largest absolute Gasteiger partial charge is 0.414 e. The SMILES string of the molecule is CCC1CC(O)CC1c1nnc2cnc3c(ccn3S(=O)(=O)c3ccc(C)cc3)n12.CCC1CC(O[Si](C)(C)C(C)(C)C)CC1c1nnc2cnc3c(ccn3S(=O)(=O)c3ccc(C)cc3)n12. The lowest BCUT2D eigenvalue weighted by atomic mass is 9.93. The Morgan fingerprint density at radius 3 is 1.51 bits per heavy atom. The Kier molecular flexibility index (Phi) is 12.1. The summed E-state index contributed by atoms with van der Waals surface area (Å²) in [5.74, 6) is 2.60. The van der Waals surface area contributed by atoms with Gasteiger partial charge in [-0.05, 0) is 106 Å². The van der Waals surface area contributed by atoms with Crippen molar-refractivity contribution in [3.63, 3.8) is 0 Å². The van der Waals surface area contributed by atoms with Gasteiger partial charge in [-0.1, -0.05) is 82.9 Å². The fraction of sp³-hybridized carbons (Fsp3) is 0.458. The van der Waals surface area contributed by atoms with E-state index in [2.05, 4.69) is 78.1 Å². The Labute approximate surface area is 392 Å². The number of hydrogen-bond acceptors (Lipinski definition) is 12. The summed E-state index contributed by atoms with van der Waals surface area (Å²) >= 11 is 0. The van der Waals surface area contributed by atoms with E-state index < -0.39 is 28.4 Å². The smallest absolute Gasteiger partial charge is 0.269 e. The lowest BCUT2D eigenvalue weighted by Crippen LogP contribution is -2.43. The highest BCUT2D eigenvalue weighted by molar-refractivity contribution is 7.90. The van der Waals surface area contributed by atoms with E-state index in [-0.39, 0.29) is 38.9 Å². The molecular weight excluding hydrogens is 905 g/mol. The molecule has 6 atom stereocenters. The summed E-state index contributed by atoms with van der Waals surface area (Å²) < 4.78 is 66.5. The van der Waals surface area contributed by atoms with Gasteiger partial charge in [-0.2, -0.15) is 0 Å². The van der Waals surface area contributed by atoms with Gasteiger partial charge in [0.25, 0.3) is 20.0 Å². The second kappa shape index (κ2) is 17.3. The molecule has 354 valence electrons. The highest BCUT2D eigenvalue weighted by Gasteiger charge is 2.44. The molecule has 1 N–H and O–H groups in total. The van der Waals surface area contributed by atoms with Gasteiger partial charge in [-0.15, -0.1) is 20.4 Å². The van der Waals surface area contributed by atoms with E-state index in [0.717, 1.165) is 54.9 Å². The summed E-state index contributed by atoms with van der Waals surface area (Å²) in [4.78, 5) is 9.31. The molecule has 8 aromatic rings. The first kappa shape index (κ1) is 46.8. The van der Waals surface area contributed by atoms with Crippen LogP contribution in [0.4, 0.5) is 0 Å². The van der Waals surface area contributed by atoms with Crippen LogP contribution in [-0.2, 0) is 24.5 Å². The second-order valence-corrected chi connectivity index (χ2v) is 28.3. The Morgan fingerprint density at radius 1 is 0.642 bits per heavy atom. The molecule has 6 heterocycles. The predicted molar refractivity (Wildman–Crippen MR) is 260 cm³/mol. The molecule has 0 bridgehead atoms. The molecule has 2 aromatic carbocycles. The third-order valence-electron chi connectivity index (χ3n) is 14.6. The molecule has 2 fully saturated rings. The van der Waals surface area contributed by atoms with Gasteiger partial charge >= 0.3 is 0 Å². The van der Waals surface area contributed by atoms with Gasteiger partial charge in [-0.25, -0.2) is 34.7 Å². The Hall–Kier alpha value is -5.34. The Balaban J connectivity index is 0.000000171. The number of nitrogens with zero attached hydrogens (tertiary/aromatic N) is 10. The minimum Gasteiger partial charge on any atom is -0.414 e. The maximum atomic E-state index is 13.5. The van der Waals surface area contributed by atoms with Crippen LogP contribution in [0.25, 0.3) is 33.6 Å². The van der Waals surface area contributed by atoms with Crippen LogP contribution in [0.15, 0.2) is 95.2 Å². The molecule has 0 radical (unpaired) electrons. The number of benzene rings is 2. The predicted octanol–water partition coefficient (Wildman–Crippen LogP) is 8.81. The highest BCUT2D eigenvalue weighted by atomic mass is 32.2. The van der Waals surface area contributed by atoms with Crippen molar-refractivity contribution >= 4 is 62.0 Å². The van der Waals surface area contributed by atoms with Crippen LogP contribution in [0, 0.1) is 25.7 Å². The number of fused-ring (bicyclic) bond motifs is 6. The van der Waals surface area contributed by atoms with Crippen molar-refractivity contribution in [3.8, 4) is 0 Å². The molecule has 0 spiro atoms. The summed E-state index contributed by atoms with van der Waals surface area (Å²) in [5, 5.41) is 28.0. The lowest BCUT2D eigenvalue weighted by Gasteiger charge is -2.38. The van der Waals surface area contributed by atoms with Crippen LogP contribution >= 0.6 is 0 Å². The van der Waals surface area contributed by atoms with Crippen molar-refractivity contribution in [3.05, 3.63) is 108 Å². The maximum Gasteiger partial charge on any atom is 0.269 e. The van der Waals surface area contributed by atoms with Crippen molar-refractivity contribution in [2.24, 2.45) is 11.8 Å². The molecule has 19 heteroatoms. The highest BCUT2D eigenvalue weighted by Crippen LogP contribution is 2.47. The number of aliphatic hydroxyl groups is 1. The Morgan fingerprint density at radius 2 is 1.07 bits per heavy atom. The molecule has 2 aliphatic carbocycles. The number of aromatic nitrogens is 10. The molecule has 0 amide bonds. The fourth-order valence-electron chi connectivity index (χ4n) is 9.81. The topological polar surface area (TPSA) is 194 Å². The molecule has 67 heavy (non-hydrogen) atoms. The summed E-state index contributed by atoms with van der Waals surface area (Å²) in [6.45, 7) is 19.6. The van der Waals surface area contributed by atoms with E-state index >= 15 is 0 Å². The van der Waals surface area contributed by atoms with Gasteiger partial charge in [0.1, 0.15) is 11.6 Å². The van der Waals surface area contributed by atoms with Gasteiger partial charge in [0, 0.05) is 30.3 Å². The minimum absolute atomic E-state index is 0.0719. The third kappa shape index (κ3) is 8.29. The second-order valence-electron chi connectivity index (χ2n) is 19.9. The zero-order valence-electron chi connectivity index (χ0n) is 39.6. The van der Waals surface area contributed by atoms with Crippen molar-refractivity contribution < 1.29 is 26.4 Å². The molecular formula is C48H60N10O6S2Si. The molecule has 10 rings (SSSR count). The van der Waals surface area contributed by atoms with Crippen molar-refractivity contribution in [1.29, 1.82) is 0 Å². The minimum atomic E-state index is -3.80. The molecule has 6 aromatic heterocycles. The van der Waals surface area contributed by atoms with E-state index in [1.807, 2.05) is 22.6 Å². The molecule has 0 saturated heterocycles. The van der Waals surface area contributed by atoms with Crippen LogP contribution < -0.4 is 0 Å². The van der Waals surface area contributed by atoms with Crippen LogP contribution in [0.5, 0.6) is 0 Å². The third-order valence-corrected chi connectivity index (χ3v) is 22.5. The van der Waals surface area contributed by atoms with Crippen molar-refractivity contribution in [1.82, 2.24) is 47.1 Å². The summed E-state index contributed by atoms with van der Waals surface area (Å²) in [5.41, 5.74) is 5.21. The first-order valence-corrected chi connectivity index (χ1v) is 28.9. The Bertz CT molecular complexity index is 3340. The van der Waals surface area contributed by atoms with E-state index in [1.165, 1.54) is 14.1 Å². The van der Waals surface area contributed by atoms with Gasteiger partial charge < -0.3 is 9.53 Å². The average molecular weight is 965 g/mol. The maximum absolute atomic E-state index is 13.5. The molecule has 2 aliphatic rings. The van der Waals surface area contributed by atoms with Crippen molar-refractivity contribution in [2.45, 2.75) is 139 Å². The number of aliphatic hydroxyl groups excluding tert-OH is 1. The van der Waals surface area contributed by atoms with Crippen LogP contribution in [0.3, 0.4) is 0 Å². The molecule has 0 aliphatic heterocycles. The van der Waals surface area contributed by atoms with E-state index in [9.17, 15) is 21.9 Å².